The van der Waals surface area contributed by atoms with Crippen molar-refractivity contribution < 1.29 is 17.9 Å². The second kappa shape index (κ2) is 9.80. The van der Waals surface area contributed by atoms with Crippen LogP contribution in [0.5, 0.6) is 0 Å². The molecular weight excluding hydrogens is 458 g/mol. The van der Waals surface area contributed by atoms with Crippen LogP contribution < -0.4 is 5.32 Å². The number of nitrogens with zero attached hydrogens (tertiary/aromatic N) is 2. The van der Waals surface area contributed by atoms with Crippen LogP contribution in [0.3, 0.4) is 0 Å². The number of carbonyl (C=O) groups excluding carboxylic acids is 1. The van der Waals surface area contributed by atoms with Gasteiger partial charge in [0.05, 0.1) is 33.9 Å². The maximum Gasteiger partial charge on any atom is 0.243 e. The molecule has 1 atom stereocenters. The average molecular weight is 486 g/mol. The van der Waals surface area contributed by atoms with Crippen molar-refractivity contribution in [1.29, 1.82) is 0 Å². The smallest absolute Gasteiger partial charge is 0.243 e. The van der Waals surface area contributed by atoms with Crippen LogP contribution in [0, 0.1) is 13.8 Å². The lowest BCUT2D eigenvalue weighted by molar-refractivity contribution is -0.115. The van der Waals surface area contributed by atoms with Crippen molar-refractivity contribution in [3.8, 4) is 0 Å². The second-order valence-corrected chi connectivity index (χ2v) is 11.3. The molecule has 1 aliphatic heterocycles. The molecule has 1 amide bonds. The predicted molar refractivity (Wildman–Crippen MR) is 131 cm³/mol. The van der Waals surface area contributed by atoms with Crippen molar-refractivity contribution in [1.82, 2.24) is 9.29 Å². The minimum Gasteiger partial charge on any atom is -0.379 e. The van der Waals surface area contributed by atoms with E-state index in [1.54, 1.807) is 19.1 Å². The number of carbonyl (C=O) groups is 1. The van der Waals surface area contributed by atoms with Crippen molar-refractivity contribution in [3.05, 3.63) is 59.7 Å². The highest BCUT2D eigenvalue weighted by Gasteiger charge is 2.28. The molecule has 1 saturated heterocycles. The lowest BCUT2D eigenvalue weighted by Gasteiger charge is -2.27. The zero-order valence-corrected chi connectivity index (χ0v) is 20.5. The summed E-state index contributed by atoms with van der Waals surface area (Å²) in [5.41, 5.74) is 3.08. The van der Waals surface area contributed by atoms with Gasteiger partial charge in [0.1, 0.15) is 0 Å². The van der Waals surface area contributed by atoms with Gasteiger partial charge in [-0.1, -0.05) is 36.0 Å². The van der Waals surface area contributed by atoms with Crippen LogP contribution in [0.25, 0.3) is 10.9 Å². The van der Waals surface area contributed by atoms with E-state index < -0.39 is 15.3 Å². The Kier molecular flexibility index (Phi) is 7.04. The molecule has 1 N–H and O–H groups in total. The highest BCUT2D eigenvalue weighted by Crippen LogP contribution is 2.28. The van der Waals surface area contributed by atoms with Crippen LogP contribution in [-0.4, -0.2) is 55.2 Å². The number of aromatic nitrogens is 1. The first kappa shape index (κ1) is 23.7. The third-order valence-electron chi connectivity index (χ3n) is 5.61. The molecule has 0 bridgehead atoms. The Bertz CT molecular complexity index is 1290. The fraction of sp³-hybridized carbons (Fsp3) is 0.333. The summed E-state index contributed by atoms with van der Waals surface area (Å²) in [4.78, 5) is 17.7. The number of thioether (sulfide) groups is 1. The van der Waals surface area contributed by atoms with Gasteiger partial charge in [0.25, 0.3) is 0 Å². The van der Waals surface area contributed by atoms with Gasteiger partial charge in [0.2, 0.25) is 15.9 Å². The Morgan fingerprint density at radius 2 is 1.82 bits per heavy atom. The molecule has 1 unspecified atom stereocenters. The van der Waals surface area contributed by atoms with Crippen molar-refractivity contribution in [3.63, 3.8) is 0 Å². The summed E-state index contributed by atoms with van der Waals surface area (Å²) < 4.78 is 32.9. The Morgan fingerprint density at radius 3 is 2.58 bits per heavy atom. The fourth-order valence-electron chi connectivity index (χ4n) is 3.74. The van der Waals surface area contributed by atoms with E-state index >= 15 is 0 Å². The molecule has 2 aromatic carbocycles. The molecule has 174 valence electrons. The third-order valence-corrected chi connectivity index (χ3v) is 8.67. The van der Waals surface area contributed by atoms with Crippen molar-refractivity contribution in [2.45, 2.75) is 35.9 Å². The quantitative estimate of drug-likeness (QED) is 0.531. The highest BCUT2D eigenvalue weighted by molar-refractivity contribution is 8.00. The number of anilines is 1. The number of pyridine rings is 1. The first-order valence-electron chi connectivity index (χ1n) is 10.8. The van der Waals surface area contributed by atoms with E-state index in [0.29, 0.717) is 37.6 Å². The number of rotatable bonds is 6. The molecule has 7 nitrogen and oxygen atoms in total. The zero-order valence-electron chi connectivity index (χ0n) is 18.9. The monoisotopic (exact) mass is 485 g/mol. The molecule has 0 spiro atoms. The van der Waals surface area contributed by atoms with E-state index in [-0.39, 0.29) is 10.8 Å². The number of amides is 1. The summed E-state index contributed by atoms with van der Waals surface area (Å²) in [5, 5.41) is 4.31. The number of hydrogen-bond acceptors (Lipinski definition) is 6. The molecule has 1 aliphatic rings. The zero-order chi connectivity index (χ0) is 23.6. The average Bonchev–Trinajstić information content (AvgIpc) is 2.80. The van der Waals surface area contributed by atoms with Crippen LogP contribution >= 0.6 is 11.8 Å². The molecule has 3 aromatic rings. The van der Waals surface area contributed by atoms with Gasteiger partial charge in [0.15, 0.2) is 0 Å². The number of morpholine rings is 1. The Balaban J connectivity index is 1.50. The first-order chi connectivity index (χ1) is 15.8. The van der Waals surface area contributed by atoms with E-state index in [0.717, 1.165) is 21.5 Å². The maximum absolute atomic E-state index is 13.1. The molecule has 0 radical (unpaired) electrons. The number of para-hydroxylation sites is 1. The number of ether oxygens (including phenoxy) is 1. The number of nitrogens with one attached hydrogen (secondary N) is 1. The van der Waals surface area contributed by atoms with E-state index in [1.807, 2.05) is 44.2 Å². The number of aryl methyl sites for hydroxylation is 2. The SMILES string of the molecule is Cc1ccc(NC(=O)C(C)Sc2cc(C)c3ccccc3n2)cc1S(=O)(=O)N1CCOCC1. The molecule has 0 aliphatic carbocycles. The van der Waals surface area contributed by atoms with E-state index in [2.05, 4.69) is 10.3 Å². The van der Waals surface area contributed by atoms with E-state index in [1.165, 1.54) is 22.1 Å². The molecule has 0 saturated carbocycles. The number of sulfonamides is 1. The number of fused-ring (bicyclic) bond motifs is 1. The maximum atomic E-state index is 13.1. The van der Waals surface area contributed by atoms with Gasteiger partial charge < -0.3 is 10.1 Å². The second-order valence-electron chi connectivity index (χ2n) is 8.04. The summed E-state index contributed by atoms with van der Waals surface area (Å²) in [7, 11) is -3.66. The Morgan fingerprint density at radius 1 is 1.09 bits per heavy atom. The molecule has 9 heteroatoms. The van der Waals surface area contributed by atoms with Gasteiger partial charge >= 0.3 is 0 Å². The normalized spacial score (nSPS) is 16.0. The topological polar surface area (TPSA) is 88.6 Å². The third kappa shape index (κ3) is 5.22. The standard InChI is InChI=1S/C24H27N3O4S2/c1-16-8-9-19(15-22(16)33(29,30)27-10-12-31-13-11-27)25-24(28)18(3)32-23-14-17(2)20-6-4-5-7-21(20)26-23/h4-9,14-15,18H,10-13H2,1-3H3,(H,25,28). The van der Waals surface area contributed by atoms with Gasteiger partial charge in [-0.25, -0.2) is 13.4 Å². The van der Waals surface area contributed by atoms with Crippen LogP contribution in [-0.2, 0) is 19.6 Å². The highest BCUT2D eigenvalue weighted by atomic mass is 32.2. The van der Waals surface area contributed by atoms with E-state index in [4.69, 9.17) is 4.74 Å². The summed E-state index contributed by atoms with van der Waals surface area (Å²) in [5.74, 6) is -0.216. The van der Waals surface area contributed by atoms with Crippen LogP contribution in [0.2, 0.25) is 0 Å². The number of hydrogen-bond donors (Lipinski definition) is 1. The number of benzene rings is 2. The molecule has 4 rings (SSSR count). The summed E-state index contributed by atoms with van der Waals surface area (Å²) in [6, 6.07) is 14.9. The largest absolute Gasteiger partial charge is 0.379 e. The molecule has 1 aromatic heterocycles. The van der Waals surface area contributed by atoms with Crippen LogP contribution in [0.4, 0.5) is 5.69 Å². The molecule has 2 heterocycles. The molecular formula is C24H27N3O4S2. The van der Waals surface area contributed by atoms with Gasteiger partial charge in [-0.2, -0.15) is 4.31 Å². The van der Waals surface area contributed by atoms with Crippen molar-refractivity contribution in [2.24, 2.45) is 0 Å². The minimum atomic E-state index is -3.66. The molecule has 1 fully saturated rings. The van der Waals surface area contributed by atoms with Crippen molar-refractivity contribution >= 4 is 44.3 Å². The lowest BCUT2D eigenvalue weighted by Crippen LogP contribution is -2.40. The minimum absolute atomic E-state index is 0.203. The lowest BCUT2D eigenvalue weighted by atomic mass is 10.1. The fourth-order valence-corrected chi connectivity index (χ4v) is 6.32. The summed E-state index contributed by atoms with van der Waals surface area (Å²) in [6.07, 6.45) is 0. The van der Waals surface area contributed by atoms with E-state index in [9.17, 15) is 13.2 Å². The van der Waals surface area contributed by atoms with Crippen LogP contribution in [0.1, 0.15) is 18.1 Å². The van der Waals surface area contributed by atoms with Crippen LogP contribution in [0.15, 0.2) is 58.5 Å². The van der Waals surface area contributed by atoms with Gasteiger partial charge in [-0.15, -0.1) is 0 Å². The summed E-state index contributed by atoms with van der Waals surface area (Å²) >= 11 is 1.37. The van der Waals surface area contributed by atoms with Gasteiger partial charge in [-0.05, 0) is 56.2 Å². The Labute approximate surface area is 198 Å². The van der Waals surface area contributed by atoms with Gasteiger partial charge in [-0.3, -0.25) is 4.79 Å². The Hall–Kier alpha value is -2.46. The predicted octanol–water partition coefficient (Wildman–Crippen LogP) is 3.99. The first-order valence-corrected chi connectivity index (χ1v) is 13.1. The molecule has 33 heavy (non-hydrogen) atoms. The summed E-state index contributed by atoms with van der Waals surface area (Å²) in [6.45, 7) is 7.00. The van der Waals surface area contributed by atoms with Crippen molar-refractivity contribution in [2.75, 3.05) is 31.6 Å². The van der Waals surface area contributed by atoms with Gasteiger partial charge in [0, 0.05) is 24.2 Å².